The number of hydrogen-bond acceptors (Lipinski definition) is 7. The highest BCUT2D eigenvalue weighted by Gasteiger charge is 2.34. The van der Waals surface area contributed by atoms with E-state index in [4.69, 9.17) is 5.73 Å². The molecule has 12 heteroatoms. The highest BCUT2D eigenvalue weighted by atomic mass is 32.2. The number of hydrogen-bond donors (Lipinski definition) is 2. The molecule has 0 saturated carbocycles. The van der Waals surface area contributed by atoms with Crippen LogP contribution in [0.4, 0.5) is 15.0 Å². The van der Waals surface area contributed by atoms with Crippen molar-refractivity contribution in [3.63, 3.8) is 0 Å². The summed E-state index contributed by atoms with van der Waals surface area (Å²) >= 11 is 0. The highest BCUT2D eigenvalue weighted by Crippen LogP contribution is 2.31. The number of nitrogen functional groups attached to an aromatic ring is 1. The van der Waals surface area contributed by atoms with E-state index in [9.17, 15) is 23.1 Å². The van der Waals surface area contributed by atoms with E-state index in [-0.39, 0.29) is 43.1 Å². The summed E-state index contributed by atoms with van der Waals surface area (Å²) in [5.74, 6) is -1.22. The van der Waals surface area contributed by atoms with Crippen molar-refractivity contribution in [2.45, 2.75) is 31.6 Å². The predicted molar refractivity (Wildman–Crippen MR) is 135 cm³/mol. The van der Waals surface area contributed by atoms with Gasteiger partial charge in [-0.15, -0.1) is 0 Å². The Bertz CT molecular complexity index is 1410. The van der Waals surface area contributed by atoms with Crippen molar-refractivity contribution in [2.75, 3.05) is 18.8 Å². The second kappa shape index (κ2) is 10.6. The molecule has 10 nitrogen and oxygen atoms in total. The van der Waals surface area contributed by atoms with Gasteiger partial charge in [-0.1, -0.05) is 30.3 Å². The van der Waals surface area contributed by atoms with Crippen molar-refractivity contribution >= 4 is 27.8 Å². The monoisotopic (exact) mass is 527 g/mol. The predicted octanol–water partition coefficient (Wildman–Crippen LogP) is 3.35. The first-order valence-electron chi connectivity index (χ1n) is 11.5. The van der Waals surface area contributed by atoms with Gasteiger partial charge in [-0.25, -0.2) is 31.8 Å². The van der Waals surface area contributed by atoms with Crippen LogP contribution >= 0.6 is 0 Å². The maximum absolute atomic E-state index is 15.0. The number of anilines is 1. The number of carbonyl (C=O) groups is 2. The summed E-state index contributed by atoms with van der Waals surface area (Å²) < 4.78 is 42.8. The Hall–Kier alpha value is -3.90. The van der Waals surface area contributed by atoms with Gasteiger partial charge in [-0.2, -0.15) is 0 Å². The number of sulfonamides is 1. The lowest BCUT2D eigenvalue weighted by Gasteiger charge is -2.35. The lowest BCUT2D eigenvalue weighted by atomic mass is 9.98. The van der Waals surface area contributed by atoms with Crippen LogP contribution in [0.3, 0.4) is 0 Å². The fourth-order valence-corrected chi connectivity index (χ4v) is 6.10. The quantitative estimate of drug-likeness (QED) is 0.496. The Kier molecular flexibility index (Phi) is 7.50. The van der Waals surface area contributed by atoms with Gasteiger partial charge in [0.15, 0.2) is 0 Å². The van der Waals surface area contributed by atoms with Gasteiger partial charge in [0.05, 0.1) is 23.8 Å². The zero-order valence-corrected chi connectivity index (χ0v) is 20.9. The van der Waals surface area contributed by atoms with E-state index in [1.54, 1.807) is 36.4 Å². The number of nitrogens with zero attached hydrogens (tertiary/aromatic N) is 4. The topological polar surface area (TPSA) is 147 Å². The van der Waals surface area contributed by atoms with E-state index in [2.05, 4.69) is 9.97 Å². The minimum atomic E-state index is -3.76. The Labute approximate surface area is 213 Å². The summed E-state index contributed by atoms with van der Waals surface area (Å²) in [6.45, 7) is 1.36. The summed E-state index contributed by atoms with van der Waals surface area (Å²) in [5.41, 5.74) is 7.69. The molecule has 3 N–H and O–H groups in total. The van der Waals surface area contributed by atoms with Crippen LogP contribution in [0, 0.1) is 5.82 Å². The van der Waals surface area contributed by atoms with Gasteiger partial charge in [0.25, 0.3) is 0 Å². The van der Waals surface area contributed by atoms with Crippen molar-refractivity contribution in [2.24, 2.45) is 0 Å². The zero-order chi connectivity index (χ0) is 26.7. The Morgan fingerprint density at radius 2 is 1.81 bits per heavy atom. The number of carboxylic acid groups (broad SMARTS) is 1. The fraction of sp³-hybridized carbons (Fsp3) is 0.280. The van der Waals surface area contributed by atoms with Gasteiger partial charge in [-0.3, -0.25) is 9.78 Å². The lowest BCUT2D eigenvalue weighted by molar-refractivity contribution is -0.129. The molecule has 2 amide bonds. The van der Waals surface area contributed by atoms with Crippen LogP contribution in [0.1, 0.15) is 25.3 Å². The number of halogens is 1. The molecule has 3 aromatic rings. The second-order valence-electron chi connectivity index (χ2n) is 8.74. The van der Waals surface area contributed by atoms with E-state index in [0.29, 0.717) is 22.4 Å². The van der Waals surface area contributed by atoms with E-state index in [0.717, 1.165) is 4.90 Å². The molecular formula is C25H26FN5O5S. The van der Waals surface area contributed by atoms with E-state index >= 15 is 4.39 Å². The molecule has 0 atom stereocenters. The molecule has 0 spiro atoms. The molecule has 1 fully saturated rings. The normalized spacial score (nSPS) is 14.9. The van der Waals surface area contributed by atoms with E-state index in [1.165, 1.54) is 29.7 Å². The van der Waals surface area contributed by atoms with Gasteiger partial charge < -0.3 is 10.8 Å². The van der Waals surface area contributed by atoms with Crippen molar-refractivity contribution in [1.29, 1.82) is 0 Å². The van der Waals surface area contributed by atoms with Crippen LogP contribution in [-0.2, 0) is 20.6 Å². The number of nitrogens with two attached hydrogens (primary N) is 1. The Morgan fingerprint density at radius 3 is 2.41 bits per heavy atom. The van der Waals surface area contributed by atoms with Crippen molar-refractivity contribution < 1.29 is 27.5 Å². The molecule has 37 heavy (non-hydrogen) atoms. The first kappa shape index (κ1) is 26.2. The number of benzene rings is 2. The standard InChI is InChI=1S/C25H26FN5O5S/c1-16(32)31(25(33)34)19-8-10-30(11-9-19)37(35,36)15-18-4-2-3-5-20(18)17-6-7-21(22(26)12-17)23-13-29-24(27)14-28-23/h2-7,12-14,19H,8-11,15H2,1H3,(H2,27,29)(H,33,34). The van der Waals surface area contributed by atoms with Crippen LogP contribution in [0.2, 0.25) is 0 Å². The number of imide groups is 1. The first-order valence-corrected chi connectivity index (χ1v) is 13.1. The average molecular weight is 528 g/mol. The third-order valence-electron chi connectivity index (χ3n) is 6.31. The molecule has 4 rings (SSSR count). The maximum atomic E-state index is 15.0. The highest BCUT2D eigenvalue weighted by molar-refractivity contribution is 7.88. The largest absolute Gasteiger partial charge is 0.465 e. The molecule has 1 aliphatic rings. The maximum Gasteiger partial charge on any atom is 0.414 e. The molecule has 1 aromatic heterocycles. The zero-order valence-electron chi connectivity index (χ0n) is 20.0. The number of carbonyl (C=O) groups excluding carboxylic acids is 1. The number of piperidine rings is 1. The smallest absolute Gasteiger partial charge is 0.414 e. The molecule has 0 unspecified atom stereocenters. The van der Waals surface area contributed by atoms with Crippen LogP contribution in [0.5, 0.6) is 0 Å². The van der Waals surface area contributed by atoms with Crippen LogP contribution in [0.15, 0.2) is 54.9 Å². The molecule has 2 heterocycles. The van der Waals surface area contributed by atoms with Gasteiger partial charge in [0, 0.05) is 31.6 Å². The summed E-state index contributed by atoms with van der Waals surface area (Å²) in [4.78, 5) is 31.9. The molecule has 1 aliphatic heterocycles. The molecule has 1 saturated heterocycles. The van der Waals surface area contributed by atoms with Crippen LogP contribution < -0.4 is 5.73 Å². The number of aromatic nitrogens is 2. The minimum Gasteiger partial charge on any atom is -0.465 e. The molecule has 0 radical (unpaired) electrons. The number of amides is 2. The fourth-order valence-electron chi connectivity index (χ4n) is 4.51. The van der Waals surface area contributed by atoms with Gasteiger partial charge in [0.1, 0.15) is 11.6 Å². The molecule has 0 bridgehead atoms. The van der Waals surface area contributed by atoms with Gasteiger partial charge in [0.2, 0.25) is 15.9 Å². The minimum absolute atomic E-state index is 0.0954. The lowest BCUT2D eigenvalue weighted by Crippen LogP contribution is -2.50. The first-order chi connectivity index (χ1) is 17.6. The summed E-state index contributed by atoms with van der Waals surface area (Å²) in [5, 5.41) is 9.30. The SMILES string of the molecule is CC(=O)N(C(=O)O)C1CCN(S(=O)(=O)Cc2ccccc2-c2ccc(-c3cnc(N)cn3)c(F)c2)CC1. The van der Waals surface area contributed by atoms with Gasteiger partial charge in [-0.05, 0) is 41.7 Å². The van der Waals surface area contributed by atoms with Crippen molar-refractivity contribution in [3.8, 4) is 22.4 Å². The molecule has 0 aliphatic carbocycles. The molecule has 2 aromatic carbocycles. The third-order valence-corrected chi connectivity index (χ3v) is 8.14. The van der Waals surface area contributed by atoms with Crippen LogP contribution in [0.25, 0.3) is 22.4 Å². The summed E-state index contributed by atoms with van der Waals surface area (Å²) in [7, 11) is -3.76. The molecule has 194 valence electrons. The van der Waals surface area contributed by atoms with Crippen molar-refractivity contribution in [1.82, 2.24) is 19.2 Å². The average Bonchev–Trinajstić information content (AvgIpc) is 2.85. The number of rotatable bonds is 6. The van der Waals surface area contributed by atoms with E-state index in [1.807, 2.05) is 0 Å². The van der Waals surface area contributed by atoms with E-state index < -0.39 is 33.9 Å². The summed E-state index contributed by atoms with van der Waals surface area (Å²) in [6, 6.07) is 10.9. The Balaban J connectivity index is 1.53. The second-order valence-corrected chi connectivity index (χ2v) is 10.7. The Morgan fingerprint density at radius 1 is 1.11 bits per heavy atom. The summed E-state index contributed by atoms with van der Waals surface area (Å²) in [6.07, 6.45) is 1.80. The molecular weight excluding hydrogens is 501 g/mol. The van der Waals surface area contributed by atoms with Gasteiger partial charge >= 0.3 is 6.09 Å². The third kappa shape index (κ3) is 5.75. The van der Waals surface area contributed by atoms with Crippen molar-refractivity contribution in [3.05, 3.63) is 66.2 Å². The van der Waals surface area contributed by atoms with Crippen LogP contribution in [-0.4, -0.2) is 63.8 Å².